The highest BCUT2D eigenvalue weighted by molar-refractivity contribution is 5.91. The van der Waals surface area contributed by atoms with Gasteiger partial charge in [-0.3, -0.25) is 14.3 Å². The smallest absolute Gasteiger partial charge is 0.315 e. The van der Waals surface area contributed by atoms with Crippen LogP contribution in [0.15, 0.2) is 55.2 Å². The van der Waals surface area contributed by atoms with Crippen LogP contribution in [0.3, 0.4) is 0 Å². The Hall–Kier alpha value is -4.32. The van der Waals surface area contributed by atoms with Crippen LogP contribution in [0.5, 0.6) is 0 Å². The molecule has 42 heavy (non-hydrogen) atoms. The van der Waals surface area contributed by atoms with E-state index >= 15 is 0 Å². The van der Waals surface area contributed by atoms with E-state index in [0.717, 1.165) is 47.9 Å². The molecule has 1 aromatic carbocycles. The highest BCUT2D eigenvalue weighted by atomic mass is 16.4. The maximum atomic E-state index is 12.7. The molecule has 6 rings (SSSR count). The van der Waals surface area contributed by atoms with Crippen molar-refractivity contribution >= 4 is 22.8 Å². The number of carbonyl (C=O) groups is 2. The maximum Gasteiger partial charge on any atom is 0.315 e. The molecule has 2 fully saturated rings. The summed E-state index contributed by atoms with van der Waals surface area (Å²) in [5, 5.41) is 25.3. The second-order valence-corrected chi connectivity index (χ2v) is 12.2. The van der Waals surface area contributed by atoms with Crippen LogP contribution in [0.4, 0.5) is 0 Å². The summed E-state index contributed by atoms with van der Waals surface area (Å²) in [6, 6.07) is 12.0. The van der Waals surface area contributed by atoms with Crippen LogP contribution in [0, 0.1) is 23.2 Å². The predicted molar refractivity (Wildman–Crippen MR) is 157 cm³/mol. The molecule has 0 saturated heterocycles. The van der Waals surface area contributed by atoms with Crippen molar-refractivity contribution in [2.24, 2.45) is 11.8 Å². The van der Waals surface area contributed by atoms with Crippen molar-refractivity contribution in [2.75, 3.05) is 0 Å². The minimum absolute atomic E-state index is 0.0505. The van der Waals surface area contributed by atoms with E-state index in [2.05, 4.69) is 21.1 Å². The van der Waals surface area contributed by atoms with Gasteiger partial charge < -0.3 is 9.67 Å². The summed E-state index contributed by atoms with van der Waals surface area (Å²) in [5.74, 6) is -0.0572. The predicted octanol–water partition coefficient (Wildman–Crippen LogP) is 5.89. The number of carbonyl (C=O) groups excluding carboxylic acids is 1. The molecular formula is C33H36N6O3. The molecule has 3 aromatic heterocycles. The number of nitrogens with zero attached hydrogens (tertiary/aromatic N) is 6. The summed E-state index contributed by atoms with van der Waals surface area (Å²) in [6.45, 7) is 1.93. The van der Waals surface area contributed by atoms with Crippen molar-refractivity contribution in [2.45, 2.75) is 82.7 Å². The molecule has 0 bridgehead atoms. The van der Waals surface area contributed by atoms with Crippen LogP contribution in [-0.4, -0.2) is 41.2 Å². The van der Waals surface area contributed by atoms with Gasteiger partial charge in [0.05, 0.1) is 30.4 Å². The number of ketones is 1. The number of Topliss-reactive ketones (excluding diaryl/α,β-unsaturated/α-hetero) is 1. The Morgan fingerprint density at radius 3 is 2.62 bits per heavy atom. The summed E-state index contributed by atoms with van der Waals surface area (Å²) in [6.07, 6.45) is 15.5. The number of benzene rings is 1. The van der Waals surface area contributed by atoms with Gasteiger partial charge in [0.1, 0.15) is 23.2 Å². The Bertz CT molecular complexity index is 1640. The van der Waals surface area contributed by atoms with Gasteiger partial charge >= 0.3 is 5.97 Å². The highest BCUT2D eigenvalue weighted by Gasteiger charge is 2.36. The first-order valence-corrected chi connectivity index (χ1v) is 14.9. The molecule has 0 amide bonds. The summed E-state index contributed by atoms with van der Waals surface area (Å²) >= 11 is 0. The highest BCUT2D eigenvalue weighted by Crippen LogP contribution is 2.37. The van der Waals surface area contributed by atoms with Gasteiger partial charge in [-0.2, -0.15) is 10.4 Å². The lowest BCUT2D eigenvalue weighted by Crippen LogP contribution is -2.37. The number of hydrogen-bond acceptors (Lipinski definition) is 6. The molecule has 3 heterocycles. The van der Waals surface area contributed by atoms with E-state index in [-0.39, 0.29) is 18.5 Å². The largest absolute Gasteiger partial charge is 0.481 e. The van der Waals surface area contributed by atoms with Gasteiger partial charge in [-0.25, -0.2) is 9.97 Å². The topological polar surface area (TPSA) is 127 Å². The van der Waals surface area contributed by atoms with Crippen LogP contribution in [0.25, 0.3) is 22.3 Å². The lowest BCUT2D eigenvalue weighted by atomic mass is 9.81. The summed E-state index contributed by atoms with van der Waals surface area (Å²) < 4.78 is 3.80. The average Bonchev–Trinajstić information content (AvgIpc) is 3.81. The second kappa shape index (κ2) is 11.5. The van der Waals surface area contributed by atoms with E-state index in [1.165, 1.54) is 19.2 Å². The van der Waals surface area contributed by atoms with Crippen LogP contribution < -0.4 is 0 Å². The maximum absolute atomic E-state index is 12.7. The van der Waals surface area contributed by atoms with Crippen molar-refractivity contribution in [1.29, 1.82) is 5.26 Å². The molecule has 2 aliphatic carbocycles. The van der Waals surface area contributed by atoms with Gasteiger partial charge in [-0.15, -0.1) is 0 Å². The number of fused-ring (bicyclic) bond motifs is 1. The van der Waals surface area contributed by atoms with Crippen LogP contribution >= 0.6 is 0 Å². The first-order valence-electron chi connectivity index (χ1n) is 14.9. The zero-order chi connectivity index (χ0) is 29.3. The Morgan fingerprint density at radius 2 is 1.93 bits per heavy atom. The van der Waals surface area contributed by atoms with E-state index in [1.54, 1.807) is 13.1 Å². The minimum Gasteiger partial charge on any atom is -0.481 e. The lowest BCUT2D eigenvalue weighted by Gasteiger charge is -2.26. The molecule has 1 N–H and O–H groups in total. The van der Waals surface area contributed by atoms with Gasteiger partial charge in [-0.1, -0.05) is 37.1 Å². The molecule has 0 spiro atoms. The second-order valence-electron chi connectivity index (χ2n) is 12.2. The molecule has 2 unspecified atom stereocenters. The number of nitriles is 1. The quantitative estimate of drug-likeness (QED) is 0.254. The Kier molecular flexibility index (Phi) is 7.63. The average molecular weight is 565 g/mol. The van der Waals surface area contributed by atoms with Gasteiger partial charge in [0.25, 0.3) is 0 Å². The third-order valence-electron chi connectivity index (χ3n) is 9.48. The van der Waals surface area contributed by atoms with Crippen molar-refractivity contribution in [1.82, 2.24) is 24.3 Å². The first kappa shape index (κ1) is 27.8. The summed E-state index contributed by atoms with van der Waals surface area (Å²) in [7, 11) is 0. The minimum atomic E-state index is -1.20. The molecule has 2 aliphatic rings. The normalized spacial score (nSPS) is 19.6. The monoisotopic (exact) mass is 564 g/mol. The fourth-order valence-electron chi connectivity index (χ4n) is 6.93. The number of aliphatic carboxylic acids is 1. The molecule has 0 radical (unpaired) electrons. The Balaban J connectivity index is 1.26. The number of carboxylic acids is 1. The van der Waals surface area contributed by atoms with Crippen molar-refractivity contribution in [3.05, 3.63) is 66.4 Å². The number of rotatable bonds is 10. The van der Waals surface area contributed by atoms with Crippen LogP contribution in [0.1, 0.15) is 75.5 Å². The molecular weight excluding hydrogens is 528 g/mol. The van der Waals surface area contributed by atoms with Gasteiger partial charge in [0.15, 0.2) is 0 Å². The first-order chi connectivity index (χ1) is 20.4. The third-order valence-corrected chi connectivity index (χ3v) is 9.48. The van der Waals surface area contributed by atoms with Crippen LogP contribution in [0.2, 0.25) is 0 Å². The molecule has 2 saturated carbocycles. The van der Waals surface area contributed by atoms with Crippen molar-refractivity contribution < 1.29 is 14.7 Å². The van der Waals surface area contributed by atoms with E-state index in [9.17, 15) is 20.0 Å². The molecule has 0 aliphatic heterocycles. The standard InChI is InChI=1S/C33H36N6O3/c1-33(32(41)42,26-11-9-22(10-12-26)17-24-7-4-8-29(24)40)20-38-16-14-27-30(35-21-36-31(27)38)25-18-37-39(19-25)28(13-15-34)23-5-2-3-6-23/h9-12,14,16,18-19,21,23-24,28H,2-8,13,17,20H2,1H3,(H,41,42)/t24?,28-,33?/m1/s1. The lowest BCUT2D eigenvalue weighted by molar-refractivity contribution is -0.143. The van der Waals surface area contributed by atoms with Crippen molar-refractivity contribution in [3.8, 4) is 17.3 Å². The Labute approximate surface area is 245 Å². The van der Waals surface area contributed by atoms with Gasteiger partial charge in [0, 0.05) is 42.2 Å². The third kappa shape index (κ3) is 5.22. The summed E-state index contributed by atoms with van der Waals surface area (Å²) in [4.78, 5) is 33.9. The van der Waals surface area contributed by atoms with Gasteiger partial charge in [-0.05, 0) is 62.1 Å². The fraction of sp³-hybridized carbons (Fsp3) is 0.455. The molecule has 3 atom stereocenters. The Morgan fingerprint density at radius 1 is 1.14 bits per heavy atom. The zero-order valence-electron chi connectivity index (χ0n) is 23.9. The van der Waals surface area contributed by atoms with E-state index < -0.39 is 11.4 Å². The van der Waals surface area contributed by atoms with Crippen molar-refractivity contribution in [3.63, 3.8) is 0 Å². The zero-order valence-corrected chi connectivity index (χ0v) is 23.9. The molecule has 4 aromatic rings. The fourth-order valence-corrected chi connectivity index (χ4v) is 6.93. The molecule has 9 nitrogen and oxygen atoms in total. The molecule has 9 heteroatoms. The number of aromatic nitrogens is 5. The number of hydrogen-bond donors (Lipinski definition) is 1. The number of carboxylic acid groups (broad SMARTS) is 1. The molecule has 216 valence electrons. The van der Waals surface area contributed by atoms with E-state index in [0.29, 0.717) is 42.2 Å². The van der Waals surface area contributed by atoms with Crippen LogP contribution in [-0.2, 0) is 28.0 Å². The summed E-state index contributed by atoms with van der Waals surface area (Å²) in [5.41, 5.74) is 2.79. The van der Waals surface area contributed by atoms with E-state index in [1.807, 2.05) is 52.0 Å². The SMILES string of the molecule is CC(Cn1ccc2c(-c3cnn([C@H](CC#N)C4CCCC4)c3)ncnc21)(C(=O)O)c1ccc(CC2CCCC2=O)cc1. The van der Waals surface area contributed by atoms with E-state index in [4.69, 9.17) is 0 Å². The van der Waals surface area contributed by atoms with Gasteiger partial charge in [0.2, 0.25) is 0 Å².